The van der Waals surface area contributed by atoms with Gasteiger partial charge < -0.3 is 0 Å². The number of hydrogen-bond donors (Lipinski definition) is 1. The minimum absolute atomic E-state index is 0.103. The van der Waals surface area contributed by atoms with Crippen molar-refractivity contribution >= 4 is 18.0 Å². The second kappa shape index (κ2) is 6.30. The first kappa shape index (κ1) is 12.8. The number of amides is 2. The Morgan fingerprint density at radius 1 is 1.16 bits per heavy atom. The van der Waals surface area contributed by atoms with Crippen LogP contribution in [0.5, 0.6) is 0 Å². The van der Waals surface area contributed by atoms with E-state index in [1.807, 2.05) is 6.07 Å². The molecule has 0 aliphatic rings. The summed E-state index contributed by atoms with van der Waals surface area (Å²) in [5, 5.41) is 1.02. The summed E-state index contributed by atoms with van der Waals surface area (Å²) in [5.41, 5.74) is 3.65. The third-order valence-electron chi connectivity index (χ3n) is 2.41. The lowest BCUT2D eigenvalue weighted by molar-refractivity contribution is -0.120. The number of pyridine rings is 1. The lowest BCUT2D eigenvalue weighted by atomic mass is 10.2. The van der Waals surface area contributed by atoms with E-state index in [0.29, 0.717) is 11.4 Å². The van der Waals surface area contributed by atoms with E-state index in [2.05, 4.69) is 10.4 Å². The molecule has 0 spiro atoms. The lowest BCUT2D eigenvalue weighted by Gasteiger charge is -2.16. The number of rotatable bonds is 5. The Labute approximate surface area is 110 Å². The summed E-state index contributed by atoms with van der Waals surface area (Å²) < 4.78 is 0. The Morgan fingerprint density at radius 3 is 2.53 bits per heavy atom. The number of hydrazine groups is 1. The third kappa shape index (κ3) is 3.64. The van der Waals surface area contributed by atoms with E-state index in [4.69, 9.17) is 0 Å². The van der Waals surface area contributed by atoms with Crippen molar-refractivity contribution in [2.24, 2.45) is 0 Å². The number of aromatic nitrogens is 1. The largest absolute Gasteiger partial charge is 0.337 e. The average molecular weight is 254 g/mol. The minimum Gasteiger partial charge on any atom is -0.273 e. The third-order valence-corrected chi connectivity index (χ3v) is 2.41. The monoisotopic (exact) mass is 254 g/mol. The fourth-order valence-corrected chi connectivity index (χ4v) is 1.55. The van der Waals surface area contributed by atoms with Crippen molar-refractivity contribution in [3.8, 4) is 0 Å². The Morgan fingerprint density at radius 2 is 1.89 bits per heavy atom. The van der Waals surface area contributed by atoms with Crippen LogP contribution in [0.1, 0.15) is 5.69 Å². The molecule has 0 unspecified atom stereocenters. The summed E-state index contributed by atoms with van der Waals surface area (Å²) in [6.07, 6.45) is 3.38. The maximum atomic E-state index is 11.8. The molecule has 0 fully saturated rings. The molecular formula is C14H12N3O2. The molecule has 1 radical (unpaired) electrons. The first-order chi connectivity index (χ1) is 9.29. The fourth-order valence-electron chi connectivity index (χ4n) is 1.55. The van der Waals surface area contributed by atoms with Crippen molar-refractivity contribution in [2.45, 2.75) is 6.42 Å². The smallest absolute Gasteiger partial charge is 0.273 e. The molecule has 1 aromatic carbocycles. The standard InChI is InChI=1S/C14H12N3O2/c18-11-17(13-7-2-1-3-8-13)16-14(19)10-12-6-4-5-9-15-12/h1-9H,10H2,(H,16,19). The molecule has 2 aromatic rings. The van der Waals surface area contributed by atoms with E-state index >= 15 is 0 Å². The number of anilines is 1. The summed E-state index contributed by atoms with van der Waals surface area (Å²) in [4.78, 5) is 26.7. The lowest BCUT2D eigenvalue weighted by Crippen LogP contribution is -2.42. The van der Waals surface area contributed by atoms with Gasteiger partial charge in [-0.15, -0.1) is 0 Å². The van der Waals surface area contributed by atoms with Crippen LogP contribution in [0.25, 0.3) is 0 Å². The van der Waals surface area contributed by atoms with Crippen LogP contribution < -0.4 is 10.4 Å². The molecule has 0 atom stereocenters. The van der Waals surface area contributed by atoms with Gasteiger partial charge in [-0.3, -0.25) is 20.0 Å². The van der Waals surface area contributed by atoms with Crippen LogP contribution in [-0.4, -0.2) is 17.3 Å². The molecule has 1 heterocycles. The van der Waals surface area contributed by atoms with Gasteiger partial charge in [0.15, 0.2) is 0 Å². The zero-order valence-electron chi connectivity index (χ0n) is 10.1. The molecular weight excluding hydrogens is 242 g/mol. The average Bonchev–Trinajstić information content (AvgIpc) is 2.47. The van der Waals surface area contributed by atoms with Crippen LogP contribution in [0.4, 0.5) is 5.69 Å². The highest BCUT2D eigenvalue weighted by molar-refractivity contribution is 5.86. The number of para-hydroxylation sites is 1. The van der Waals surface area contributed by atoms with E-state index in [1.165, 1.54) is 0 Å². The summed E-state index contributed by atoms with van der Waals surface area (Å²) in [7, 11) is 0. The topological polar surface area (TPSA) is 62.3 Å². The van der Waals surface area contributed by atoms with E-state index in [1.54, 1.807) is 55.1 Å². The van der Waals surface area contributed by atoms with Crippen molar-refractivity contribution < 1.29 is 9.59 Å². The first-order valence-electron chi connectivity index (χ1n) is 5.72. The van der Waals surface area contributed by atoms with Gasteiger partial charge in [-0.05, 0) is 24.3 Å². The predicted molar refractivity (Wildman–Crippen MR) is 70.7 cm³/mol. The van der Waals surface area contributed by atoms with Crippen LogP contribution in [0.3, 0.4) is 0 Å². The number of carbonyl (C=O) groups is 1. The van der Waals surface area contributed by atoms with Gasteiger partial charge in [-0.2, -0.15) is 0 Å². The van der Waals surface area contributed by atoms with Gasteiger partial charge in [0.2, 0.25) is 5.91 Å². The van der Waals surface area contributed by atoms with E-state index in [9.17, 15) is 9.59 Å². The molecule has 0 aliphatic carbocycles. The molecule has 0 bridgehead atoms. The van der Waals surface area contributed by atoms with E-state index in [0.717, 1.165) is 5.01 Å². The highest BCUT2D eigenvalue weighted by atomic mass is 16.2. The van der Waals surface area contributed by atoms with Gasteiger partial charge in [0, 0.05) is 11.9 Å². The molecule has 0 saturated carbocycles. The number of benzene rings is 1. The van der Waals surface area contributed by atoms with Crippen LogP contribution in [0.15, 0.2) is 54.7 Å². The number of nitrogens with zero attached hydrogens (tertiary/aromatic N) is 2. The van der Waals surface area contributed by atoms with Crippen molar-refractivity contribution in [3.63, 3.8) is 0 Å². The second-order valence-corrected chi connectivity index (χ2v) is 3.80. The molecule has 95 valence electrons. The zero-order chi connectivity index (χ0) is 13.5. The van der Waals surface area contributed by atoms with Crippen LogP contribution in [0.2, 0.25) is 0 Å². The highest BCUT2D eigenvalue weighted by Crippen LogP contribution is 2.08. The fraction of sp³-hybridized carbons (Fsp3) is 0.0714. The summed E-state index contributed by atoms with van der Waals surface area (Å²) in [6, 6.07) is 14.1. The van der Waals surface area contributed by atoms with Gasteiger partial charge in [0.25, 0.3) is 0 Å². The molecule has 1 aromatic heterocycles. The molecule has 2 rings (SSSR count). The Kier molecular flexibility index (Phi) is 4.23. The molecule has 2 amide bonds. The molecule has 0 saturated heterocycles. The Balaban J connectivity index is 1.99. The Bertz CT molecular complexity index is 543. The molecule has 5 heteroatoms. The van der Waals surface area contributed by atoms with Gasteiger partial charge in [-0.25, -0.2) is 5.01 Å². The zero-order valence-corrected chi connectivity index (χ0v) is 10.1. The van der Waals surface area contributed by atoms with Gasteiger partial charge in [-0.1, -0.05) is 24.3 Å². The highest BCUT2D eigenvalue weighted by Gasteiger charge is 2.10. The van der Waals surface area contributed by atoms with Crippen molar-refractivity contribution in [1.82, 2.24) is 10.4 Å². The maximum Gasteiger partial charge on any atom is 0.337 e. The summed E-state index contributed by atoms with van der Waals surface area (Å²) in [6.45, 7) is 0. The molecule has 19 heavy (non-hydrogen) atoms. The normalized spacial score (nSPS) is 9.68. The van der Waals surface area contributed by atoms with Gasteiger partial charge >= 0.3 is 6.41 Å². The Hall–Kier alpha value is -2.69. The number of hydrogen-bond acceptors (Lipinski definition) is 3. The predicted octanol–water partition coefficient (Wildman–Crippen LogP) is 1.23. The SMILES string of the molecule is O=[C]N(NC(=O)Cc1ccccn1)c1ccccc1. The quantitative estimate of drug-likeness (QED) is 0.644. The van der Waals surface area contributed by atoms with E-state index < -0.39 is 0 Å². The maximum absolute atomic E-state index is 11.8. The molecule has 1 N–H and O–H groups in total. The van der Waals surface area contributed by atoms with Crippen molar-refractivity contribution in [1.29, 1.82) is 0 Å². The van der Waals surface area contributed by atoms with E-state index in [-0.39, 0.29) is 12.3 Å². The van der Waals surface area contributed by atoms with Crippen LogP contribution in [-0.2, 0) is 16.0 Å². The number of carbonyl (C=O) groups excluding carboxylic acids is 2. The second-order valence-electron chi connectivity index (χ2n) is 3.80. The van der Waals surface area contributed by atoms with Gasteiger partial charge in [0.1, 0.15) is 0 Å². The molecule has 0 aliphatic heterocycles. The number of nitrogens with one attached hydrogen (secondary N) is 1. The first-order valence-corrected chi connectivity index (χ1v) is 5.72. The summed E-state index contributed by atoms with van der Waals surface area (Å²) in [5.74, 6) is -0.328. The minimum atomic E-state index is -0.328. The van der Waals surface area contributed by atoms with Crippen molar-refractivity contribution in [3.05, 3.63) is 60.4 Å². The molecule has 5 nitrogen and oxygen atoms in total. The van der Waals surface area contributed by atoms with Crippen LogP contribution >= 0.6 is 0 Å². The van der Waals surface area contributed by atoms with Gasteiger partial charge in [0.05, 0.1) is 12.1 Å². The van der Waals surface area contributed by atoms with Crippen molar-refractivity contribution in [2.75, 3.05) is 5.01 Å². The summed E-state index contributed by atoms with van der Waals surface area (Å²) >= 11 is 0. The van der Waals surface area contributed by atoms with Crippen LogP contribution in [0, 0.1) is 0 Å².